The molecule has 0 spiro atoms. The third-order valence-electron chi connectivity index (χ3n) is 2.65. The molecule has 2 N–H and O–H groups in total. The summed E-state index contributed by atoms with van der Waals surface area (Å²) < 4.78 is 0. The van der Waals surface area contributed by atoms with Gasteiger partial charge in [0, 0.05) is 5.69 Å². The number of amides is 1. The van der Waals surface area contributed by atoms with Crippen LogP contribution in [0.3, 0.4) is 0 Å². The van der Waals surface area contributed by atoms with Crippen molar-refractivity contribution in [1.29, 1.82) is 0 Å². The lowest BCUT2D eigenvalue weighted by Gasteiger charge is -2.29. The van der Waals surface area contributed by atoms with Gasteiger partial charge in [0.1, 0.15) is 11.3 Å². The van der Waals surface area contributed by atoms with Crippen LogP contribution in [-0.2, 0) is 4.79 Å². The van der Waals surface area contributed by atoms with Gasteiger partial charge in [0.15, 0.2) is 5.11 Å². The zero-order valence-corrected chi connectivity index (χ0v) is 9.84. The standard InChI is InChI=1S/C11H12N2O2S/c1-11(2)9(15)12-10(16)13(11)7-3-5-8(14)6-4-7/h3-6,14H,1-2H3,(H,12,15,16). The summed E-state index contributed by atoms with van der Waals surface area (Å²) in [5.74, 6) is 0.0662. The summed E-state index contributed by atoms with van der Waals surface area (Å²) in [6.07, 6.45) is 0. The summed E-state index contributed by atoms with van der Waals surface area (Å²) in [4.78, 5) is 13.4. The molecule has 1 fully saturated rings. The lowest BCUT2D eigenvalue weighted by Crippen LogP contribution is -2.44. The second-order valence-corrected chi connectivity index (χ2v) is 4.56. The molecule has 1 heterocycles. The highest BCUT2D eigenvalue weighted by Crippen LogP contribution is 2.29. The summed E-state index contributed by atoms with van der Waals surface area (Å²) in [5, 5.41) is 12.2. The molecule has 1 aromatic carbocycles. The average molecular weight is 236 g/mol. The maximum Gasteiger partial charge on any atom is 0.251 e. The fourth-order valence-corrected chi connectivity index (χ4v) is 2.13. The van der Waals surface area contributed by atoms with E-state index < -0.39 is 5.54 Å². The van der Waals surface area contributed by atoms with Crippen molar-refractivity contribution < 1.29 is 9.90 Å². The van der Waals surface area contributed by atoms with Gasteiger partial charge in [0.2, 0.25) is 0 Å². The first-order valence-electron chi connectivity index (χ1n) is 4.87. The Balaban J connectivity index is 2.44. The highest BCUT2D eigenvalue weighted by Gasteiger charge is 2.44. The predicted octanol–water partition coefficient (Wildman–Crippen LogP) is 1.39. The molecule has 0 atom stereocenters. The van der Waals surface area contributed by atoms with E-state index >= 15 is 0 Å². The Labute approximate surface area is 98.9 Å². The van der Waals surface area contributed by atoms with E-state index in [0.29, 0.717) is 5.11 Å². The van der Waals surface area contributed by atoms with E-state index in [1.165, 1.54) is 0 Å². The van der Waals surface area contributed by atoms with Crippen LogP contribution in [-0.4, -0.2) is 21.7 Å². The number of carbonyl (C=O) groups is 1. The molecule has 0 aromatic heterocycles. The van der Waals surface area contributed by atoms with E-state index in [1.807, 2.05) is 0 Å². The maximum atomic E-state index is 11.7. The maximum absolute atomic E-state index is 11.7. The molecule has 1 saturated heterocycles. The first kappa shape index (κ1) is 10.9. The molecule has 0 bridgehead atoms. The SMILES string of the molecule is CC1(C)C(=O)NC(=S)N1c1ccc(O)cc1. The van der Waals surface area contributed by atoms with Crippen molar-refractivity contribution >= 4 is 28.9 Å². The molecule has 4 nitrogen and oxygen atoms in total. The Hall–Kier alpha value is -1.62. The van der Waals surface area contributed by atoms with Gasteiger partial charge in [-0.3, -0.25) is 4.79 Å². The zero-order chi connectivity index (χ0) is 11.9. The molecule has 1 aliphatic heterocycles. The highest BCUT2D eigenvalue weighted by atomic mass is 32.1. The van der Waals surface area contributed by atoms with Gasteiger partial charge in [-0.1, -0.05) is 0 Å². The van der Waals surface area contributed by atoms with Crippen LogP contribution in [0.4, 0.5) is 5.69 Å². The number of aromatic hydroxyl groups is 1. The fraction of sp³-hybridized carbons (Fsp3) is 0.273. The first-order valence-corrected chi connectivity index (χ1v) is 5.28. The molecule has 0 radical (unpaired) electrons. The van der Waals surface area contributed by atoms with E-state index in [4.69, 9.17) is 12.2 Å². The van der Waals surface area contributed by atoms with Crippen molar-refractivity contribution in [2.24, 2.45) is 0 Å². The molecule has 0 aliphatic carbocycles. The third kappa shape index (κ3) is 1.53. The van der Waals surface area contributed by atoms with Crippen molar-refractivity contribution in [3.63, 3.8) is 0 Å². The average Bonchev–Trinajstić information content (AvgIpc) is 2.39. The number of thiocarbonyl (C=S) groups is 1. The highest BCUT2D eigenvalue weighted by molar-refractivity contribution is 7.80. The smallest absolute Gasteiger partial charge is 0.251 e. The van der Waals surface area contributed by atoms with Crippen LogP contribution in [0.1, 0.15) is 13.8 Å². The molecular weight excluding hydrogens is 224 g/mol. The Morgan fingerprint density at radius 3 is 2.31 bits per heavy atom. The monoisotopic (exact) mass is 236 g/mol. The van der Waals surface area contributed by atoms with Crippen molar-refractivity contribution in [2.75, 3.05) is 4.90 Å². The summed E-state index contributed by atoms with van der Waals surface area (Å²) in [6.45, 7) is 3.60. The van der Waals surface area contributed by atoms with E-state index in [-0.39, 0.29) is 11.7 Å². The Morgan fingerprint density at radius 2 is 1.88 bits per heavy atom. The van der Waals surface area contributed by atoms with Gasteiger partial charge in [0.05, 0.1) is 0 Å². The van der Waals surface area contributed by atoms with Gasteiger partial charge < -0.3 is 15.3 Å². The van der Waals surface area contributed by atoms with Crippen LogP contribution in [0.5, 0.6) is 5.75 Å². The van der Waals surface area contributed by atoms with Crippen molar-refractivity contribution in [1.82, 2.24) is 5.32 Å². The van der Waals surface area contributed by atoms with Gasteiger partial charge in [-0.25, -0.2) is 0 Å². The van der Waals surface area contributed by atoms with Crippen molar-refractivity contribution in [3.8, 4) is 5.75 Å². The normalized spacial score (nSPS) is 18.8. The lowest BCUT2D eigenvalue weighted by atomic mass is 10.0. The van der Waals surface area contributed by atoms with Crippen LogP contribution < -0.4 is 10.2 Å². The number of phenolic OH excluding ortho intramolecular Hbond substituents is 1. The number of nitrogens with one attached hydrogen (secondary N) is 1. The number of nitrogens with zero attached hydrogens (tertiary/aromatic N) is 1. The summed E-state index contributed by atoms with van der Waals surface area (Å²) in [6, 6.07) is 6.58. The fourth-order valence-electron chi connectivity index (χ4n) is 1.70. The van der Waals surface area contributed by atoms with Crippen molar-refractivity contribution in [2.45, 2.75) is 19.4 Å². The van der Waals surface area contributed by atoms with Crippen LogP contribution in [0, 0.1) is 0 Å². The van der Waals surface area contributed by atoms with Gasteiger partial charge >= 0.3 is 0 Å². The molecule has 5 heteroatoms. The van der Waals surface area contributed by atoms with E-state index in [1.54, 1.807) is 43.0 Å². The number of benzene rings is 1. The molecule has 1 aliphatic rings. The quantitative estimate of drug-likeness (QED) is 0.724. The van der Waals surface area contributed by atoms with Gasteiger partial charge in [-0.05, 0) is 50.3 Å². The van der Waals surface area contributed by atoms with Crippen LogP contribution >= 0.6 is 12.2 Å². The number of hydrogen-bond donors (Lipinski definition) is 2. The van der Waals surface area contributed by atoms with E-state index in [2.05, 4.69) is 5.32 Å². The minimum atomic E-state index is -0.700. The summed E-state index contributed by atoms with van der Waals surface area (Å²) >= 11 is 5.11. The largest absolute Gasteiger partial charge is 0.508 e. The molecule has 0 unspecified atom stereocenters. The number of hydrogen-bond acceptors (Lipinski definition) is 3. The first-order chi connectivity index (χ1) is 7.43. The third-order valence-corrected chi connectivity index (χ3v) is 2.93. The van der Waals surface area contributed by atoms with Crippen LogP contribution in [0.15, 0.2) is 24.3 Å². The second-order valence-electron chi connectivity index (χ2n) is 4.17. The topological polar surface area (TPSA) is 52.6 Å². The number of carbonyl (C=O) groups excluding carboxylic acids is 1. The lowest BCUT2D eigenvalue weighted by molar-refractivity contribution is -0.122. The molecule has 2 rings (SSSR count). The minimum Gasteiger partial charge on any atom is -0.508 e. The molecule has 1 amide bonds. The summed E-state index contributed by atoms with van der Waals surface area (Å²) in [5.41, 5.74) is 0.0831. The number of rotatable bonds is 1. The molecule has 84 valence electrons. The second kappa shape index (κ2) is 3.45. The van der Waals surface area contributed by atoms with Crippen LogP contribution in [0.25, 0.3) is 0 Å². The summed E-state index contributed by atoms with van der Waals surface area (Å²) in [7, 11) is 0. The van der Waals surface area contributed by atoms with E-state index in [0.717, 1.165) is 5.69 Å². The van der Waals surface area contributed by atoms with Crippen LogP contribution in [0.2, 0.25) is 0 Å². The van der Waals surface area contributed by atoms with Gasteiger partial charge in [-0.15, -0.1) is 0 Å². The molecular formula is C11H12N2O2S. The molecule has 0 saturated carbocycles. The van der Waals surface area contributed by atoms with Gasteiger partial charge in [0.25, 0.3) is 5.91 Å². The Kier molecular flexibility index (Phi) is 2.35. The Bertz CT molecular complexity index is 454. The van der Waals surface area contributed by atoms with Crippen molar-refractivity contribution in [3.05, 3.63) is 24.3 Å². The number of anilines is 1. The van der Waals surface area contributed by atoms with Gasteiger partial charge in [-0.2, -0.15) is 0 Å². The molecule has 16 heavy (non-hydrogen) atoms. The minimum absolute atomic E-state index is 0.120. The molecule has 1 aromatic rings. The predicted molar refractivity (Wildman–Crippen MR) is 65.4 cm³/mol. The Morgan fingerprint density at radius 1 is 1.31 bits per heavy atom. The number of phenols is 1. The van der Waals surface area contributed by atoms with E-state index in [9.17, 15) is 9.90 Å². The zero-order valence-electron chi connectivity index (χ0n) is 9.02.